The summed E-state index contributed by atoms with van der Waals surface area (Å²) in [6, 6.07) is 8.51. The Labute approximate surface area is 135 Å². The normalized spacial score (nSPS) is 19.1. The van der Waals surface area contributed by atoms with Crippen LogP contribution in [0, 0.1) is 12.8 Å². The van der Waals surface area contributed by atoms with Crippen molar-refractivity contribution in [2.45, 2.75) is 46.6 Å². The maximum Gasteiger partial charge on any atom is 0.237 e. The Balaban J connectivity index is 1.94. The number of carbonyl (C=O) groups is 1. The molecule has 1 atom stereocenters. The number of amides is 1. The standard InChI is InChI=1S/C19H30N2O/c1-4-11-21(14-18-9-7-16(2)8-10-18)19(22)15-20-12-5-6-17(3)13-20/h7-10,17H,4-6,11-15H2,1-3H3. The second-order valence-corrected chi connectivity index (χ2v) is 6.78. The second kappa shape index (κ2) is 8.33. The average Bonchev–Trinajstić information content (AvgIpc) is 2.49. The molecule has 1 aromatic carbocycles. The minimum atomic E-state index is 0.275. The highest BCUT2D eigenvalue weighted by molar-refractivity contribution is 5.78. The molecule has 0 saturated carbocycles. The van der Waals surface area contributed by atoms with E-state index in [1.54, 1.807) is 0 Å². The molecule has 0 aromatic heterocycles. The van der Waals surface area contributed by atoms with Crippen molar-refractivity contribution in [3.8, 4) is 0 Å². The lowest BCUT2D eigenvalue weighted by molar-refractivity contribution is -0.133. The summed E-state index contributed by atoms with van der Waals surface area (Å²) in [5.74, 6) is 0.995. The Bertz CT molecular complexity index is 469. The number of carbonyl (C=O) groups excluding carboxylic acids is 1. The van der Waals surface area contributed by atoms with Crippen LogP contribution in [0.3, 0.4) is 0 Å². The van der Waals surface area contributed by atoms with Crippen LogP contribution in [0.5, 0.6) is 0 Å². The molecule has 0 aliphatic carbocycles. The van der Waals surface area contributed by atoms with Gasteiger partial charge < -0.3 is 4.90 Å². The smallest absolute Gasteiger partial charge is 0.237 e. The molecule has 1 aliphatic heterocycles. The predicted octanol–water partition coefficient (Wildman–Crippen LogP) is 3.47. The summed E-state index contributed by atoms with van der Waals surface area (Å²) in [6.07, 6.45) is 3.53. The quantitative estimate of drug-likeness (QED) is 0.803. The van der Waals surface area contributed by atoms with Crippen LogP contribution < -0.4 is 0 Å². The van der Waals surface area contributed by atoms with E-state index in [4.69, 9.17) is 0 Å². The van der Waals surface area contributed by atoms with Crippen molar-refractivity contribution in [3.63, 3.8) is 0 Å². The van der Waals surface area contributed by atoms with Crippen LogP contribution in [-0.4, -0.2) is 41.9 Å². The molecular formula is C19H30N2O. The van der Waals surface area contributed by atoms with Gasteiger partial charge >= 0.3 is 0 Å². The van der Waals surface area contributed by atoms with E-state index in [0.29, 0.717) is 6.54 Å². The first-order valence-corrected chi connectivity index (χ1v) is 8.64. The molecular weight excluding hydrogens is 272 g/mol. The van der Waals surface area contributed by atoms with Gasteiger partial charge in [-0.05, 0) is 44.2 Å². The summed E-state index contributed by atoms with van der Waals surface area (Å²) in [6.45, 7) is 10.8. The SMILES string of the molecule is CCCN(Cc1ccc(C)cc1)C(=O)CN1CCCC(C)C1. The lowest BCUT2D eigenvalue weighted by Crippen LogP contribution is -2.43. The number of piperidine rings is 1. The Morgan fingerprint density at radius 2 is 2.05 bits per heavy atom. The van der Waals surface area contributed by atoms with Crippen molar-refractivity contribution >= 4 is 5.91 Å². The highest BCUT2D eigenvalue weighted by Gasteiger charge is 2.21. The van der Waals surface area contributed by atoms with Crippen LogP contribution in [0.25, 0.3) is 0 Å². The van der Waals surface area contributed by atoms with Crippen LogP contribution >= 0.6 is 0 Å². The molecule has 22 heavy (non-hydrogen) atoms. The number of hydrogen-bond donors (Lipinski definition) is 0. The third-order valence-corrected chi connectivity index (χ3v) is 4.44. The Morgan fingerprint density at radius 3 is 2.68 bits per heavy atom. The van der Waals surface area contributed by atoms with Gasteiger partial charge in [-0.3, -0.25) is 9.69 Å². The summed E-state index contributed by atoms with van der Waals surface area (Å²) in [4.78, 5) is 17.0. The number of benzene rings is 1. The molecule has 3 heteroatoms. The number of nitrogens with zero attached hydrogens (tertiary/aromatic N) is 2. The third-order valence-electron chi connectivity index (χ3n) is 4.44. The first kappa shape index (κ1) is 17.0. The minimum Gasteiger partial charge on any atom is -0.337 e. The van der Waals surface area contributed by atoms with Crippen LogP contribution in [0.4, 0.5) is 0 Å². The van der Waals surface area contributed by atoms with Gasteiger partial charge in [0, 0.05) is 19.6 Å². The van der Waals surface area contributed by atoms with E-state index in [0.717, 1.165) is 38.5 Å². The van der Waals surface area contributed by atoms with Crippen LogP contribution in [0.1, 0.15) is 44.2 Å². The van der Waals surface area contributed by atoms with Crippen molar-refractivity contribution in [1.82, 2.24) is 9.80 Å². The average molecular weight is 302 g/mol. The zero-order chi connectivity index (χ0) is 15.9. The molecule has 2 rings (SSSR count). The van der Waals surface area contributed by atoms with Crippen molar-refractivity contribution in [2.24, 2.45) is 5.92 Å². The number of aryl methyl sites for hydroxylation is 1. The van der Waals surface area contributed by atoms with Crippen LogP contribution in [0.2, 0.25) is 0 Å². The Kier molecular flexibility index (Phi) is 6.44. The summed E-state index contributed by atoms with van der Waals surface area (Å²) in [7, 11) is 0. The fourth-order valence-electron chi connectivity index (χ4n) is 3.20. The zero-order valence-electron chi connectivity index (χ0n) is 14.3. The molecule has 122 valence electrons. The first-order valence-electron chi connectivity index (χ1n) is 8.64. The summed E-state index contributed by atoms with van der Waals surface area (Å²) in [5.41, 5.74) is 2.49. The largest absolute Gasteiger partial charge is 0.337 e. The van der Waals surface area contributed by atoms with Gasteiger partial charge in [0.25, 0.3) is 0 Å². The van der Waals surface area contributed by atoms with Gasteiger partial charge in [-0.25, -0.2) is 0 Å². The summed E-state index contributed by atoms with van der Waals surface area (Å²) >= 11 is 0. The van der Waals surface area contributed by atoms with E-state index >= 15 is 0 Å². The third kappa shape index (κ3) is 5.13. The van der Waals surface area contributed by atoms with Gasteiger partial charge in [-0.1, -0.05) is 43.7 Å². The van der Waals surface area contributed by atoms with Gasteiger partial charge in [-0.2, -0.15) is 0 Å². The van der Waals surface area contributed by atoms with Crippen molar-refractivity contribution < 1.29 is 4.79 Å². The van der Waals surface area contributed by atoms with E-state index in [2.05, 4.69) is 49.9 Å². The van der Waals surface area contributed by atoms with E-state index in [9.17, 15) is 4.79 Å². The maximum atomic E-state index is 12.7. The van der Waals surface area contributed by atoms with E-state index in [-0.39, 0.29) is 5.91 Å². The van der Waals surface area contributed by atoms with Crippen LogP contribution in [-0.2, 0) is 11.3 Å². The fourth-order valence-corrected chi connectivity index (χ4v) is 3.20. The predicted molar refractivity (Wildman–Crippen MR) is 91.7 cm³/mol. The molecule has 0 N–H and O–H groups in total. The van der Waals surface area contributed by atoms with Gasteiger partial charge in [0.05, 0.1) is 6.54 Å². The van der Waals surface area contributed by atoms with E-state index in [1.165, 1.54) is 24.0 Å². The second-order valence-electron chi connectivity index (χ2n) is 6.78. The molecule has 1 heterocycles. The number of likely N-dealkylation sites (tertiary alicyclic amines) is 1. The number of rotatable bonds is 6. The molecule has 1 aliphatic rings. The first-order chi connectivity index (χ1) is 10.6. The molecule has 1 unspecified atom stereocenters. The monoisotopic (exact) mass is 302 g/mol. The Hall–Kier alpha value is -1.35. The van der Waals surface area contributed by atoms with E-state index < -0.39 is 0 Å². The number of hydrogen-bond acceptors (Lipinski definition) is 2. The zero-order valence-corrected chi connectivity index (χ0v) is 14.3. The molecule has 1 aromatic rings. The molecule has 3 nitrogen and oxygen atoms in total. The van der Waals surface area contributed by atoms with Gasteiger partial charge in [0.1, 0.15) is 0 Å². The topological polar surface area (TPSA) is 23.6 Å². The van der Waals surface area contributed by atoms with Gasteiger partial charge in [-0.15, -0.1) is 0 Å². The van der Waals surface area contributed by atoms with Crippen molar-refractivity contribution in [1.29, 1.82) is 0 Å². The molecule has 0 radical (unpaired) electrons. The highest BCUT2D eigenvalue weighted by atomic mass is 16.2. The lowest BCUT2D eigenvalue weighted by atomic mass is 10.0. The van der Waals surface area contributed by atoms with Crippen molar-refractivity contribution in [2.75, 3.05) is 26.2 Å². The minimum absolute atomic E-state index is 0.275. The fraction of sp³-hybridized carbons (Fsp3) is 0.632. The van der Waals surface area contributed by atoms with Crippen LogP contribution in [0.15, 0.2) is 24.3 Å². The molecule has 0 spiro atoms. The molecule has 1 amide bonds. The van der Waals surface area contributed by atoms with Crippen molar-refractivity contribution in [3.05, 3.63) is 35.4 Å². The van der Waals surface area contributed by atoms with E-state index in [1.807, 2.05) is 4.90 Å². The molecule has 1 fully saturated rings. The molecule has 1 saturated heterocycles. The lowest BCUT2D eigenvalue weighted by Gasteiger charge is -2.32. The summed E-state index contributed by atoms with van der Waals surface area (Å²) < 4.78 is 0. The summed E-state index contributed by atoms with van der Waals surface area (Å²) in [5, 5.41) is 0. The van der Waals surface area contributed by atoms with Gasteiger partial charge in [0.2, 0.25) is 5.91 Å². The molecule has 0 bridgehead atoms. The highest BCUT2D eigenvalue weighted by Crippen LogP contribution is 2.16. The maximum absolute atomic E-state index is 12.7. The Morgan fingerprint density at radius 1 is 1.32 bits per heavy atom. The van der Waals surface area contributed by atoms with Gasteiger partial charge in [0.15, 0.2) is 0 Å².